The second-order valence-corrected chi connectivity index (χ2v) is 6.34. The largest absolute Gasteiger partial charge is 0.492 e. The minimum Gasteiger partial charge on any atom is -0.492 e. The Morgan fingerprint density at radius 1 is 1.33 bits per heavy atom. The first-order chi connectivity index (χ1) is 9.94. The summed E-state index contributed by atoms with van der Waals surface area (Å²) in [5.41, 5.74) is 1.34. The Bertz CT molecular complexity index is 748. The Hall–Kier alpha value is -1.79. The van der Waals surface area contributed by atoms with Crippen molar-refractivity contribution in [2.24, 2.45) is 0 Å². The van der Waals surface area contributed by atoms with Crippen LogP contribution in [0.25, 0.3) is 0 Å². The van der Waals surface area contributed by atoms with Crippen LogP contribution < -0.4 is 9.46 Å². The van der Waals surface area contributed by atoms with E-state index in [-0.39, 0.29) is 10.0 Å². The van der Waals surface area contributed by atoms with Gasteiger partial charge in [0.25, 0.3) is 10.0 Å². The topological polar surface area (TPSA) is 68.3 Å². The van der Waals surface area contributed by atoms with Gasteiger partial charge in [-0.2, -0.15) is 0 Å². The third-order valence-corrected chi connectivity index (χ3v) is 4.51. The summed E-state index contributed by atoms with van der Waals surface area (Å²) in [7, 11) is -3.82. The maximum atomic E-state index is 12.4. The standard InChI is InChI=1S/C14H15ClN2O3S/c1-3-20-12-9-10(2)6-7-11(12)17-21(18,19)13-5-4-8-16-14(13)15/h4-9,17H,3H2,1-2H3. The monoisotopic (exact) mass is 326 g/mol. The van der Waals surface area contributed by atoms with Gasteiger partial charge in [0.05, 0.1) is 12.3 Å². The van der Waals surface area contributed by atoms with Crippen LogP contribution in [-0.2, 0) is 10.0 Å². The summed E-state index contributed by atoms with van der Waals surface area (Å²) in [6, 6.07) is 8.13. The third kappa shape index (κ3) is 3.65. The first-order valence-electron chi connectivity index (χ1n) is 6.31. The zero-order chi connectivity index (χ0) is 15.5. The minimum atomic E-state index is -3.82. The van der Waals surface area contributed by atoms with E-state index in [0.717, 1.165) is 5.56 Å². The molecule has 21 heavy (non-hydrogen) atoms. The summed E-state index contributed by atoms with van der Waals surface area (Å²) in [6.45, 7) is 4.17. The smallest absolute Gasteiger partial charge is 0.265 e. The molecule has 1 aromatic carbocycles. The molecule has 0 radical (unpaired) electrons. The maximum Gasteiger partial charge on any atom is 0.265 e. The summed E-state index contributed by atoms with van der Waals surface area (Å²) in [4.78, 5) is 3.70. The molecule has 5 nitrogen and oxygen atoms in total. The molecule has 1 N–H and O–H groups in total. The van der Waals surface area contributed by atoms with Gasteiger partial charge in [-0.15, -0.1) is 0 Å². The van der Waals surface area contributed by atoms with E-state index in [1.807, 2.05) is 13.8 Å². The molecule has 0 atom stereocenters. The van der Waals surface area contributed by atoms with Crippen molar-refractivity contribution in [3.8, 4) is 5.75 Å². The van der Waals surface area contributed by atoms with Gasteiger partial charge in [0.2, 0.25) is 0 Å². The van der Waals surface area contributed by atoms with Crippen molar-refractivity contribution in [3.05, 3.63) is 47.2 Å². The number of halogens is 1. The van der Waals surface area contributed by atoms with Crippen LogP contribution >= 0.6 is 11.6 Å². The molecule has 0 saturated carbocycles. The van der Waals surface area contributed by atoms with Crippen LogP contribution in [0.1, 0.15) is 12.5 Å². The van der Waals surface area contributed by atoms with E-state index in [9.17, 15) is 8.42 Å². The van der Waals surface area contributed by atoms with Crippen LogP contribution in [0.5, 0.6) is 5.75 Å². The number of nitrogens with one attached hydrogen (secondary N) is 1. The zero-order valence-electron chi connectivity index (χ0n) is 11.6. The van der Waals surface area contributed by atoms with E-state index < -0.39 is 10.0 Å². The highest BCUT2D eigenvalue weighted by Gasteiger charge is 2.20. The first-order valence-corrected chi connectivity index (χ1v) is 8.17. The van der Waals surface area contributed by atoms with E-state index in [0.29, 0.717) is 18.0 Å². The Balaban J connectivity index is 2.40. The summed E-state index contributed by atoms with van der Waals surface area (Å²) < 4.78 is 32.7. The van der Waals surface area contributed by atoms with Crippen LogP contribution in [0.3, 0.4) is 0 Å². The summed E-state index contributed by atoms with van der Waals surface area (Å²) in [5, 5.41) is -0.0740. The molecule has 7 heteroatoms. The SMILES string of the molecule is CCOc1cc(C)ccc1NS(=O)(=O)c1cccnc1Cl. The summed E-state index contributed by atoms with van der Waals surface area (Å²) >= 11 is 5.84. The molecule has 0 aliphatic rings. The van der Waals surface area contributed by atoms with E-state index in [4.69, 9.17) is 16.3 Å². The Labute approximate surface area is 129 Å². The van der Waals surface area contributed by atoms with E-state index in [2.05, 4.69) is 9.71 Å². The lowest BCUT2D eigenvalue weighted by Gasteiger charge is -2.14. The van der Waals surface area contributed by atoms with Crippen LogP contribution in [0, 0.1) is 6.92 Å². The Morgan fingerprint density at radius 2 is 2.10 bits per heavy atom. The van der Waals surface area contributed by atoms with Crippen LogP contribution in [-0.4, -0.2) is 20.0 Å². The number of hydrogen-bond acceptors (Lipinski definition) is 4. The van der Waals surface area contributed by atoms with Crippen LogP contribution in [0.15, 0.2) is 41.4 Å². The highest BCUT2D eigenvalue weighted by Crippen LogP contribution is 2.29. The van der Waals surface area contributed by atoms with Crippen molar-refractivity contribution in [2.75, 3.05) is 11.3 Å². The van der Waals surface area contributed by atoms with Gasteiger partial charge in [-0.05, 0) is 43.7 Å². The molecule has 0 bridgehead atoms. The fourth-order valence-electron chi connectivity index (χ4n) is 1.76. The fourth-order valence-corrected chi connectivity index (χ4v) is 3.28. The van der Waals surface area contributed by atoms with Crippen LogP contribution in [0.4, 0.5) is 5.69 Å². The molecule has 1 aromatic heterocycles. The lowest BCUT2D eigenvalue weighted by molar-refractivity contribution is 0.342. The number of aryl methyl sites for hydroxylation is 1. The van der Waals surface area contributed by atoms with Crippen molar-refractivity contribution < 1.29 is 13.2 Å². The summed E-state index contributed by atoms with van der Waals surface area (Å²) in [5.74, 6) is 0.473. The molecule has 0 aliphatic carbocycles. The molecule has 0 amide bonds. The van der Waals surface area contributed by atoms with Gasteiger partial charge in [-0.3, -0.25) is 4.72 Å². The molecule has 2 rings (SSSR count). The van der Waals surface area contributed by atoms with Gasteiger partial charge in [-0.25, -0.2) is 13.4 Å². The average molecular weight is 327 g/mol. The minimum absolute atomic E-state index is 0.0740. The molecular formula is C14H15ClN2O3S. The second kappa shape index (κ2) is 6.32. The molecule has 112 valence electrons. The van der Waals surface area contributed by atoms with E-state index in [1.165, 1.54) is 18.3 Å². The van der Waals surface area contributed by atoms with Gasteiger partial charge < -0.3 is 4.74 Å². The predicted molar refractivity (Wildman–Crippen MR) is 82.4 cm³/mol. The third-order valence-electron chi connectivity index (χ3n) is 2.70. The van der Waals surface area contributed by atoms with Crippen molar-refractivity contribution in [1.82, 2.24) is 4.98 Å². The Morgan fingerprint density at radius 3 is 2.76 bits per heavy atom. The number of rotatable bonds is 5. The number of pyridine rings is 1. The van der Waals surface area contributed by atoms with Gasteiger partial charge in [0.1, 0.15) is 15.8 Å². The number of sulfonamides is 1. The predicted octanol–water partition coefficient (Wildman–Crippen LogP) is 3.24. The van der Waals surface area contributed by atoms with Crippen LogP contribution in [0.2, 0.25) is 5.15 Å². The molecule has 2 aromatic rings. The van der Waals surface area contributed by atoms with E-state index in [1.54, 1.807) is 18.2 Å². The fraction of sp³-hybridized carbons (Fsp3) is 0.214. The molecule has 0 spiro atoms. The van der Waals surface area contributed by atoms with Crippen molar-refractivity contribution >= 4 is 27.3 Å². The lowest BCUT2D eigenvalue weighted by Crippen LogP contribution is -2.14. The normalized spacial score (nSPS) is 11.2. The van der Waals surface area contributed by atoms with Crippen molar-refractivity contribution in [3.63, 3.8) is 0 Å². The van der Waals surface area contributed by atoms with Gasteiger partial charge in [0, 0.05) is 6.20 Å². The van der Waals surface area contributed by atoms with Gasteiger partial charge >= 0.3 is 0 Å². The van der Waals surface area contributed by atoms with Gasteiger partial charge in [0.15, 0.2) is 0 Å². The number of anilines is 1. The van der Waals surface area contributed by atoms with Crippen molar-refractivity contribution in [2.45, 2.75) is 18.7 Å². The van der Waals surface area contributed by atoms with Crippen molar-refractivity contribution in [1.29, 1.82) is 0 Å². The number of hydrogen-bond donors (Lipinski definition) is 1. The quantitative estimate of drug-likeness (QED) is 0.856. The molecule has 0 saturated heterocycles. The summed E-state index contributed by atoms with van der Waals surface area (Å²) in [6.07, 6.45) is 1.43. The average Bonchev–Trinajstić information content (AvgIpc) is 2.42. The zero-order valence-corrected chi connectivity index (χ0v) is 13.2. The first kappa shape index (κ1) is 15.6. The molecule has 0 aliphatic heterocycles. The molecular weight excluding hydrogens is 312 g/mol. The maximum absolute atomic E-state index is 12.4. The second-order valence-electron chi connectivity index (χ2n) is 4.33. The Kier molecular flexibility index (Phi) is 4.69. The highest BCUT2D eigenvalue weighted by molar-refractivity contribution is 7.92. The number of ether oxygens (including phenoxy) is 1. The van der Waals surface area contributed by atoms with E-state index >= 15 is 0 Å². The lowest BCUT2D eigenvalue weighted by atomic mass is 10.2. The van der Waals surface area contributed by atoms with Gasteiger partial charge in [-0.1, -0.05) is 17.7 Å². The molecule has 1 heterocycles. The molecule has 0 fully saturated rings. The number of nitrogens with zero attached hydrogens (tertiary/aromatic N) is 1. The number of benzene rings is 1. The molecule has 0 unspecified atom stereocenters. The number of aromatic nitrogens is 1. The highest BCUT2D eigenvalue weighted by atomic mass is 35.5.